The first-order valence-corrected chi connectivity index (χ1v) is 11.4. The lowest BCUT2D eigenvalue weighted by Crippen LogP contribution is -2.50. The van der Waals surface area contributed by atoms with Gasteiger partial charge in [-0.25, -0.2) is 9.18 Å². The van der Waals surface area contributed by atoms with Crippen molar-refractivity contribution in [2.75, 3.05) is 36.4 Å². The van der Waals surface area contributed by atoms with Crippen molar-refractivity contribution in [3.63, 3.8) is 0 Å². The fourth-order valence-electron chi connectivity index (χ4n) is 3.73. The molecule has 37 heavy (non-hydrogen) atoms. The van der Waals surface area contributed by atoms with Gasteiger partial charge in [0.05, 0.1) is 11.4 Å². The van der Waals surface area contributed by atoms with Crippen LogP contribution in [0.4, 0.5) is 33.7 Å². The van der Waals surface area contributed by atoms with Gasteiger partial charge in [0.2, 0.25) is 0 Å². The van der Waals surface area contributed by atoms with Crippen molar-refractivity contribution in [1.82, 2.24) is 4.90 Å². The zero-order valence-corrected chi connectivity index (χ0v) is 20.7. The highest BCUT2D eigenvalue weighted by Crippen LogP contribution is 2.42. The van der Waals surface area contributed by atoms with E-state index >= 15 is 0 Å². The van der Waals surface area contributed by atoms with Crippen LogP contribution in [0.2, 0.25) is 0 Å². The number of nitrogens with zero attached hydrogens (tertiary/aromatic N) is 2. The van der Waals surface area contributed by atoms with Crippen molar-refractivity contribution in [1.29, 1.82) is 0 Å². The molecule has 0 aliphatic carbocycles. The van der Waals surface area contributed by atoms with E-state index in [0.717, 1.165) is 31.2 Å². The van der Waals surface area contributed by atoms with Crippen LogP contribution in [0.15, 0.2) is 36.4 Å². The fourth-order valence-corrected chi connectivity index (χ4v) is 3.73. The standard InChI is InChI=1S/C25H27F4N3O5/c1-15(33)36-20-14-16(8-9-17(20)26)22(34)30-18-6-5-7-19(21(18)25(27,28)29)31-10-12-32(13-11-31)23(35)37-24(2,3)4/h5-9,14H,10-13H2,1-4H3,(H,30,34). The molecular weight excluding hydrogens is 498 g/mol. The summed E-state index contributed by atoms with van der Waals surface area (Å²) in [5, 5.41) is 2.23. The van der Waals surface area contributed by atoms with Crippen molar-refractivity contribution in [2.45, 2.75) is 39.5 Å². The van der Waals surface area contributed by atoms with Crippen molar-refractivity contribution >= 4 is 29.3 Å². The first-order chi connectivity index (χ1) is 17.2. The number of hydrogen-bond acceptors (Lipinski definition) is 6. The quantitative estimate of drug-likeness (QED) is 0.340. The number of carbonyl (C=O) groups is 3. The molecule has 0 atom stereocenters. The van der Waals surface area contributed by atoms with Crippen molar-refractivity contribution in [2.24, 2.45) is 0 Å². The molecule has 1 fully saturated rings. The molecule has 2 aromatic rings. The molecule has 1 saturated heterocycles. The number of hydrogen-bond donors (Lipinski definition) is 1. The number of amides is 2. The summed E-state index contributed by atoms with van der Waals surface area (Å²) in [4.78, 5) is 39.1. The van der Waals surface area contributed by atoms with E-state index in [0.29, 0.717) is 0 Å². The molecule has 1 heterocycles. The van der Waals surface area contributed by atoms with E-state index in [-0.39, 0.29) is 37.4 Å². The highest BCUT2D eigenvalue weighted by molar-refractivity contribution is 6.05. The highest BCUT2D eigenvalue weighted by atomic mass is 19.4. The number of carbonyl (C=O) groups excluding carboxylic acids is 3. The Morgan fingerprint density at radius 3 is 2.19 bits per heavy atom. The molecular formula is C25H27F4N3O5. The average molecular weight is 525 g/mol. The number of esters is 1. The minimum Gasteiger partial charge on any atom is -0.444 e. The van der Waals surface area contributed by atoms with E-state index in [9.17, 15) is 31.9 Å². The van der Waals surface area contributed by atoms with Crippen LogP contribution >= 0.6 is 0 Å². The van der Waals surface area contributed by atoms with E-state index in [1.807, 2.05) is 0 Å². The largest absolute Gasteiger partial charge is 0.444 e. The highest BCUT2D eigenvalue weighted by Gasteiger charge is 2.39. The lowest BCUT2D eigenvalue weighted by atomic mass is 10.1. The summed E-state index contributed by atoms with van der Waals surface area (Å²) in [6.07, 6.45) is -5.37. The van der Waals surface area contributed by atoms with Crippen LogP contribution in [0, 0.1) is 5.82 Å². The van der Waals surface area contributed by atoms with Crippen LogP contribution in [0.3, 0.4) is 0 Å². The number of halogens is 4. The van der Waals surface area contributed by atoms with E-state index in [2.05, 4.69) is 5.32 Å². The Hall–Kier alpha value is -3.83. The fraction of sp³-hybridized carbons (Fsp3) is 0.400. The van der Waals surface area contributed by atoms with Gasteiger partial charge < -0.3 is 24.6 Å². The Morgan fingerprint density at radius 1 is 0.973 bits per heavy atom. The zero-order valence-electron chi connectivity index (χ0n) is 20.7. The van der Waals surface area contributed by atoms with E-state index in [1.54, 1.807) is 20.8 Å². The molecule has 0 spiro atoms. The average Bonchev–Trinajstić information content (AvgIpc) is 2.78. The molecule has 0 aromatic heterocycles. The monoisotopic (exact) mass is 525 g/mol. The van der Waals surface area contributed by atoms with Gasteiger partial charge in [0.15, 0.2) is 11.6 Å². The van der Waals surface area contributed by atoms with Crippen LogP contribution in [-0.4, -0.2) is 54.6 Å². The summed E-state index contributed by atoms with van der Waals surface area (Å²) in [5.41, 5.74) is -2.62. The molecule has 2 aromatic carbocycles. The molecule has 1 aliphatic heterocycles. The minimum absolute atomic E-state index is 0.115. The van der Waals surface area contributed by atoms with Crippen LogP contribution in [0.1, 0.15) is 43.6 Å². The van der Waals surface area contributed by atoms with Gasteiger partial charge in [-0.15, -0.1) is 0 Å². The third-order valence-corrected chi connectivity index (χ3v) is 5.29. The van der Waals surface area contributed by atoms with Gasteiger partial charge in [-0.1, -0.05) is 6.07 Å². The Balaban J connectivity index is 1.84. The van der Waals surface area contributed by atoms with Gasteiger partial charge in [0.25, 0.3) is 5.91 Å². The summed E-state index contributed by atoms with van der Waals surface area (Å²) in [6, 6.07) is 6.63. The molecule has 0 bridgehead atoms. The van der Waals surface area contributed by atoms with Crippen LogP contribution in [0.5, 0.6) is 5.75 Å². The number of alkyl halides is 3. The smallest absolute Gasteiger partial charge is 0.420 e. The zero-order chi connectivity index (χ0) is 27.5. The second-order valence-corrected chi connectivity index (χ2v) is 9.34. The second-order valence-electron chi connectivity index (χ2n) is 9.34. The van der Waals surface area contributed by atoms with Crippen molar-refractivity contribution < 1.29 is 41.4 Å². The lowest BCUT2D eigenvalue weighted by Gasteiger charge is -2.38. The van der Waals surface area contributed by atoms with E-state index in [1.165, 1.54) is 21.9 Å². The Bertz CT molecular complexity index is 1190. The van der Waals surface area contributed by atoms with Gasteiger partial charge in [0, 0.05) is 38.7 Å². The molecule has 3 rings (SSSR count). The summed E-state index contributed by atoms with van der Waals surface area (Å²) >= 11 is 0. The van der Waals surface area contributed by atoms with Crippen molar-refractivity contribution in [3.8, 4) is 5.75 Å². The molecule has 1 aliphatic rings. The lowest BCUT2D eigenvalue weighted by molar-refractivity contribution is -0.136. The Labute approximate surface area is 211 Å². The summed E-state index contributed by atoms with van der Waals surface area (Å²) in [5.74, 6) is -3.20. The summed E-state index contributed by atoms with van der Waals surface area (Å²) in [6.45, 7) is 6.74. The van der Waals surface area contributed by atoms with E-state index < -0.39 is 52.6 Å². The predicted molar refractivity (Wildman–Crippen MR) is 127 cm³/mol. The van der Waals surface area contributed by atoms with Crippen LogP contribution in [-0.2, 0) is 15.7 Å². The number of rotatable bonds is 4. The molecule has 0 radical (unpaired) electrons. The van der Waals surface area contributed by atoms with Gasteiger partial charge >= 0.3 is 18.2 Å². The van der Waals surface area contributed by atoms with E-state index in [4.69, 9.17) is 9.47 Å². The maximum atomic E-state index is 14.2. The number of benzene rings is 2. The normalized spacial score (nSPS) is 14.3. The molecule has 1 N–H and O–H groups in total. The first kappa shape index (κ1) is 27.8. The van der Waals surface area contributed by atoms with Gasteiger partial charge in [-0.3, -0.25) is 9.59 Å². The minimum atomic E-state index is -4.83. The molecule has 200 valence electrons. The van der Waals surface area contributed by atoms with Crippen molar-refractivity contribution in [3.05, 3.63) is 53.3 Å². The Kier molecular flexibility index (Phi) is 7.99. The number of anilines is 2. The second kappa shape index (κ2) is 10.7. The third kappa shape index (κ3) is 7.11. The number of piperazine rings is 1. The molecule has 2 amide bonds. The number of ether oxygens (including phenoxy) is 2. The SMILES string of the molecule is CC(=O)Oc1cc(C(=O)Nc2cccc(N3CCN(C(=O)OC(C)(C)C)CC3)c2C(F)(F)F)ccc1F. The molecule has 0 unspecified atom stereocenters. The Morgan fingerprint density at radius 2 is 1.62 bits per heavy atom. The molecule has 8 nitrogen and oxygen atoms in total. The van der Waals surface area contributed by atoms with Gasteiger partial charge in [-0.2, -0.15) is 13.2 Å². The third-order valence-electron chi connectivity index (χ3n) is 5.29. The van der Waals surface area contributed by atoms with Crippen LogP contribution < -0.4 is 15.0 Å². The number of nitrogens with one attached hydrogen (secondary N) is 1. The first-order valence-electron chi connectivity index (χ1n) is 11.4. The van der Waals surface area contributed by atoms with Crippen LogP contribution in [0.25, 0.3) is 0 Å². The molecule has 12 heteroatoms. The maximum absolute atomic E-state index is 14.2. The van der Waals surface area contributed by atoms with Gasteiger partial charge in [0.1, 0.15) is 11.2 Å². The summed E-state index contributed by atoms with van der Waals surface area (Å²) in [7, 11) is 0. The van der Waals surface area contributed by atoms with Gasteiger partial charge in [-0.05, 0) is 51.1 Å². The summed E-state index contributed by atoms with van der Waals surface area (Å²) < 4.78 is 66.5. The maximum Gasteiger partial charge on any atom is 0.420 e. The molecule has 0 saturated carbocycles. The topological polar surface area (TPSA) is 88.2 Å². The predicted octanol–water partition coefficient (Wildman–Crippen LogP) is 5.08.